The first-order chi connectivity index (χ1) is 14.7. The number of fused-ring (bicyclic) bond motifs is 3. The van der Waals surface area contributed by atoms with Crippen molar-refractivity contribution in [3.8, 4) is 0 Å². The molecule has 9 nitrogen and oxygen atoms in total. The van der Waals surface area contributed by atoms with Gasteiger partial charge >= 0.3 is 5.97 Å². The van der Waals surface area contributed by atoms with Crippen LogP contribution < -0.4 is 0 Å². The van der Waals surface area contributed by atoms with Gasteiger partial charge in [-0.3, -0.25) is 20.2 Å². The number of carboxylic acids is 1. The van der Waals surface area contributed by atoms with Gasteiger partial charge in [-0.05, 0) is 26.0 Å². The predicted molar refractivity (Wildman–Crippen MR) is 117 cm³/mol. The van der Waals surface area contributed by atoms with E-state index in [0.29, 0.717) is 12.1 Å². The molecule has 1 heterocycles. The van der Waals surface area contributed by atoms with E-state index in [9.17, 15) is 25.0 Å². The number of non-ortho nitro benzene ring substituents is 2. The van der Waals surface area contributed by atoms with E-state index >= 15 is 0 Å². The second-order valence-electron chi connectivity index (χ2n) is 7.06. The molecule has 0 amide bonds. The minimum Gasteiger partial charge on any atom is -0.478 e. The number of hydrogen-bond donors (Lipinski definition) is 1. The van der Waals surface area contributed by atoms with Crippen molar-refractivity contribution < 1.29 is 19.7 Å². The SMILES string of the molecule is CC(C)n1c2ccccc2c2ccccc21.O=C(O)c1cc([N+](=O)[O-])cc([N+](=O)[O-])c1. The van der Waals surface area contributed by atoms with E-state index < -0.39 is 32.8 Å². The first kappa shape index (κ1) is 21.4. The summed E-state index contributed by atoms with van der Waals surface area (Å²) in [6.07, 6.45) is 0. The molecule has 0 aliphatic rings. The Morgan fingerprint density at radius 1 is 0.839 bits per heavy atom. The van der Waals surface area contributed by atoms with E-state index in [1.165, 1.54) is 21.8 Å². The number of aromatic carboxylic acids is 1. The number of nitro benzene ring substituents is 2. The standard InChI is InChI=1S/C15H15N.C7H4N2O6/c1-11(2)16-14-9-5-3-7-12(14)13-8-4-6-10-15(13)16;10-7(11)4-1-5(8(12)13)3-6(2-4)9(14)15/h3-11H,1-2H3;1-3H,(H,10,11). The molecule has 0 unspecified atom stereocenters. The molecule has 0 spiro atoms. The van der Waals surface area contributed by atoms with Gasteiger partial charge < -0.3 is 9.67 Å². The van der Waals surface area contributed by atoms with Gasteiger partial charge in [-0.15, -0.1) is 0 Å². The van der Waals surface area contributed by atoms with E-state index in [1.54, 1.807) is 0 Å². The number of hydrogen-bond acceptors (Lipinski definition) is 5. The smallest absolute Gasteiger partial charge is 0.336 e. The minimum atomic E-state index is -1.46. The van der Waals surface area contributed by atoms with Crippen molar-refractivity contribution in [2.24, 2.45) is 0 Å². The number of aromatic nitrogens is 1. The lowest BCUT2D eigenvalue weighted by Gasteiger charge is -2.10. The second-order valence-corrected chi connectivity index (χ2v) is 7.06. The lowest BCUT2D eigenvalue weighted by Crippen LogP contribution is -2.00. The predicted octanol–water partition coefficient (Wildman–Crippen LogP) is 5.58. The van der Waals surface area contributed by atoms with Crippen molar-refractivity contribution in [1.82, 2.24) is 4.57 Å². The monoisotopic (exact) mass is 421 g/mol. The van der Waals surface area contributed by atoms with Gasteiger partial charge in [0.2, 0.25) is 0 Å². The maximum atomic E-state index is 10.5. The Labute approximate surface area is 176 Å². The average Bonchev–Trinajstić information content (AvgIpc) is 3.08. The molecule has 31 heavy (non-hydrogen) atoms. The third kappa shape index (κ3) is 4.35. The number of nitrogens with zero attached hydrogens (tertiary/aromatic N) is 3. The van der Waals surface area contributed by atoms with Gasteiger partial charge in [0.05, 0.1) is 21.5 Å². The van der Waals surface area contributed by atoms with Crippen LogP contribution >= 0.6 is 0 Å². The molecule has 1 aromatic heterocycles. The first-order valence-corrected chi connectivity index (χ1v) is 9.35. The summed E-state index contributed by atoms with van der Waals surface area (Å²) in [5.41, 5.74) is 0.927. The highest BCUT2D eigenvalue weighted by Crippen LogP contribution is 2.31. The van der Waals surface area contributed by atoms with Gasteiger partial charge in [0.25, 0.3) is 11.4 Å². The fourth-order valence-electron chi connectivity index (χ4n) is 3.44. The molecule has 0 radical (unpaired) electrons. The van der Waals surface area contributed by atoms with Crippen LogP contribution in [0.4, 0.5) is 11.4 Å². The molecule has 1 N–H and O–H groups in total. The van der Waals surface area contributed by atoms with Crippen molar-refractivity contribution in [3.63, 3.8) is 0 Å². The lowest BCUT2D eigenvalue weighted by atomic mass is 10.2. The van der Waals surface area contributed by atoms with Crippen LogP contribution in [0.25, 0.3) is 21.8 Å². The molecule has 0 saturated carbocycles. The first-order valence-electron chi connectivity index (χ1n) is 9.35. The molecule has 4 rings (SSSR count). The Kier molecular flexibility index (Phi) is 5.96. The third-order valence-corrected chi connectivity index (χ3v) is 4.70. The summed E-state index contributed by atoms with van der Waals surface area (Å²) >= 11 is 0. The Hall–Kier alpha value is -4.27. The highest BCUT2D eigenvalue weighted by atomic mass is 16.6. The normalized spacial score (nSPS) is 10.7. The molecular formula is C22H19N3O6. The van der Waals surface area contributed by atoms with Gasteiger partial charge in [-0.2, -0.15) is 0 Å². The summed E-state index contributed by atoms with van der Waals surface area (Å²) in [5, 5.41) is 31.9. The maximum Gasteiger partial charge on any atom is 0.336 e. The van der Waals surface area contributed by atoms with E-state index in [2.05, 4.69) is 66.9 Å². The number of carboxylic acid groups (broad SMARTS) is 1. The zero-order valence-electron chi connectivity index (χ0n) is 16.8. The molecule has 0 atom stereocenters. The average molecular weight is 421 g/mol. The zero-order chi connectivity index (χ0) is 22.7. The van der Waals surface area contributed by atoms with Crippen LogP contribution in [0.2, 0.25) is 0 Å². The molecule has 4 aromatic rings. The molecular weight excluding hydrogens is 402 g/mol. The topological polar surface area (TPSA) is 129 Å². The third-order valence-electron chi connectivity index (χ3n) is 4.70. The number of benzene rings is 3. The van der Waals surface area contributed by atoms with E-state index in [4.69, 9.17) is 5.11 Å². The minimum absolute atomic E-state index is 0.490. The second kappa shape index (κ2) is 8.62. The lowest BCUT2D eigenvalue weighted by molar-refractivity contribution is -0.394. The van der Waals surface area contributed by atoms with Gasteiger partial charge in [-0.25, -0.2) is 4.79 Å². The van der Waals surface area contributed by atoms with Gasteiger partial charge in [0.1, 0.15) is 0 Å². The van der Waals surface area contributed by atoms with Crippen molar-refractivity contribution >= 4 is 39.1 Å². The van der Waals surface area contributed by atoms with E-state index in [-0.39, 0.29) is 0 Å². The summed E-state index contributed by atoms with van der Waals surface area (Å²) in [4.78, 5) is 29.4. The highest BCUT2D eigenvalue weighted by molar-refractivity contribution is 6.08. The van der Waals surface area contributed by atoms with Gasteiger partial charge in [-0.1, -0.05) is 36.4 Å². The molecule has 0 fully saturated rings. The number of carbonyl (C=O) groups is 1. The number of nitro groups is 2. The Morgan fingerprint density at radius 2 is 1.26 bits per heavy atom. The fraction of sp³-hybridized carbons (Fsp3) is 0.136. The largest absolute Gasteiger partial charge is 0.478 e. The molecule has 0 aliphatic carbocycles. The van der Waals surface area contributed by atoms with E-state index in [0.717, 1.165) is 12.1 Å². The molecule has 158 valence electrons. The molecule has 9 heteroatoms. The number of rotatable bonds is 4. The molecule has 0 saturated heterocycles. The van der Waals surface area contributed by atoms with Crippen molar-refractivity contribution in [2.75, 3.05) is 0 Å². The quantitative estimate of drug-likeness (QED) is 0.338. The van der Waals surface area contributed by atoms with Crippen LogP contribution in [0, 0.1) is 20.2 Å². The fourth-order valence-corrected chi connectivity index (χ4v) is 3.44. The Balaban J connectivity index is 0.000000176. The summed E-state index contributed by atoms with van der Waals surface area (Å²) in [7, 11) is 0. The maximum absolute atomic E-state index is 10.5. The highest BCUT2D eigenvalue weighted by Gasteiger charge is 2.19. The Morgan fingerprint density at radius 3 is 1.61 bits per heavy atom. The van der Waals surface area contributed by atoms with Crippen LogP contribution in [0.15, 0.2) is 66.7 Å². The zero-order valence-corrected chi connectivity index (χ0v) is 16.8. The van der Waals surface area contributed by atoms with Gasteiger partial charge in [0.15, 0.2) is 0 Å². The summed E-state index contributed by atoms with van der Waals surface area (Å²) in [6, 6.07) is 20.0. The van der Waals surface area contributed by atoms with Crippen molar-refractivity contribution in [3.05, 3.63) is 92.5 Å². The van der Waals surface area contributed by atoms with Crippen LogP contribution in [-0.2, 0) is 0 Å². The van der Waals surface area contributed by atoms with Crippen molar-refractivity contribution in [1.29, 1.82) is 0 Å². The summed E-state index contributed by atoms with van der Waals surface area (Å²) < 4.78 is 2.41. The molecule has 0 bridgehead atoms. The van der Waals surface area contributed by atoms with E-state index in [1.807, 2.05) is 0 Å². The summed E-state index contributed by atoms with van der Waals surface area (Å²) in [6.45, 7) is 4.47. The van der Waals surface area contributed by atoms with Crippen molar-refractivity contribution in [2.45, 2.75) is 19.9 Å². The van der Waals surface area contributed by atoms with Crippen LogP contribution in [0.3, 0.4) is 0 Å². The molecule has 0 aliphatic heterocycles. The summed E-state index contributed by atoms with van der Waals surface area (Å²) in [5.74, 6) is -1.46. The Bertz CT molecular complexity index is 1180. The molecule has 3 aromatic carbocycles. The van der Waals surface area contributed by atoms with Crippen LogP contribution in [-0.4, -0.2) is 25.5 Å². The van der Waals surface area contributed by atoms with Crippen LogP contribution in [0.1, 0.15) is 30.2 Å². The van der Waals surface area contributed by atoms with Crippen LogP contribution in [0.5, 0.6) is 0 Å². The number of para-hydroxylation sites is 2. The van der Waals surface area contributed by atoms with Gasteiger partial charge in [0, 0.05) is 40.0 Å².